The number of fused-ring (bicyclic) bond motifs is 1. The normalized spacial score (nSPS) is 15.0. The maximum Gasteiger partial charge on any atom is 0.225 e. The Labute approximate surface area is 154 Å². The van der Waals surface area contributed by atoms with E-state index in [9.17, 15) is 4.79 Å². The predicted octanol–water partition coefficient (Wildman–Crippen LogP) is 3.68. The Morgan fingerprint density at radius 2 is 1.84 bits per heavy atom. The van der Waals surface area contributed by atoms with Crippen LogP contribution in [0, 0.1) is 0 Å². The van der Waals surface area contributed by atoms with Gasteiger partial charge in [0, 0.05) is 38.0 Å². The van der Waals surface area contributed by atoms with Crippen LogP contribution in [-0.4, -0.2) is 47.0 Å². The Balaban J connectivity index is 1.72. The summed E-state index contributed by atoms with van der Waals surface area (Å²) >= 11 is 7.79. The fourth-order valence-electron chi connectivity index (χ4n) is 3.10. The Morgan fingerprint density at radius 1 is 1.12 bits per heavy atom. The van der Waals surface area contributed by atoms with Crippen molar-refractivity contribution in [1.29, 1.82) is 0 Å². The zero-order valence-electron chi connectivity index (χ0n) is 13.8. The molecule has 3 aromatic rings. The van der Waals surface area contributed by atoms with Crippen molar-refractivity contribution in [3.63, 3.8) is 0 Å². The first-order valence-corrected chi connectivity index (χ1v) is 9.34. The van der Waals surface area contributed by atoms with Crippen molar-refractivity contribution in [3.05, 3.63) is 41.7 Å². The minimum Gasteiger partial charge on any atom is -0.352 e. The van der Waals surface area contributed by atoms with Crippen LogP contribution in [-0.2, 0) is 4.79 Å². The van der Waals surface area contributed by atoms with Gasteiger partial charge in [-0.3, -0.25) is 4.79 Å². The fourth-order valence-corrected chi connectivity index (χ4v) is 4.35. The Kier molecular flexibility index (Phi) is 4.31. The molecule has 25 heavy (non-hydrogen) atoms. The number of aromatic nitrogens is 2. The van der Waals surface area contributed by atoms with E-state index >= 15 is 0 Å². The number of hydrogen-bond acceptors (Lipinski definition) is 5. The van der Waals surface area contributed by atoms with Crippen LogP contribution >= 0.6 is 22.9 Å². The van der Waals surface area contributed by atoms with Crippen LogP contribution in [0.1, 0.15) is 6.92 Å². The molecular formula is C18H17ClN4OS. The lowest BCUT2D eigenvalue weighted by Crippen LogP contribution is -2.48. The molecule has 0 N–H and O–H groups in total. The van der Waals surface area contributed by atoms with E-state index in [1.807, 2.05) is 23.1 Å². The summed E-state index contributed by atoms with van der Waals surface area (Å²) in [5.74, 6) is 0.976. The van der Waals surface area contributed by atoms with E-state index in [1.54, 1.807) is 18.3 Å². The van der Waals surface area contributed by atoms with Gasteiger partial charge in [0.2, 0.25) is 11.2 Å². The molecule has 5 nitrogen and oxygen atoms in total. The molecular weight excluding hydrogens is 356 g/mol. The molecule has 1 amide bonds. The lowest BCUT2D eigenvalue weighted by Gasteiger charge is -2.35. The Morgan fingerprint density at radius 3 is 2.52 bits per heavy atom. The van der Waals surface area contributed by atoms with Gasteiger partial charge in [-0.25, -0.2) is 4.98 Å². The molecule has 4 rings (SSSR count). The average molecular weight is 373 g/mol. The summed E-state index contributed by atoms with van der Waals surface area (Å²) in [6, 6.07) is 12.4. The number of halogens is 1. The summed E-state index contributed by atoms with van der Waals surface area (Å²) in [6.07, 6.45) is 0. The third-order valence-electron chi connectivity index (χ3n) is 4.43. The molecule has 0 unspecified atom stereocenters. The van der Waals surface area contributed by atoms with Crippen molar-refractivity contribution in [2.75, 3.05) is 31.1 Å². The summed E-state index contributed by atoms with van der Waals surface area (Å²) < 4.78 is 0. The van der Waals surface area contributed by atoms with Gasteiger partial charge in [-0.05, 0) is 23.2 Å². The van der Waals surface area contributed by atoms with E-state index in [4.69, 9.17) is 11.6 Å². The topological polar surface area (TPSA) is 49.3 Å². The molecule has 2 aromatic heterocycles. The number of carbonyl (C=O) groups excluding carboxylic acids is 1. The Hall–Kier alpha value is -2.18. The van der Waals surface area contributed by atoms with Crippen LogP contribution in [0.3, 0.4) is 0 Å². The number of carbonyl (C=O) groups is 1. The van der Waals surface area contributed by atoms with Crippen LogP contribution in [0.5, 0.6) is 0 Å². The first-order valence-electron chi connectivity index (χ1n) is 8.15. The standard InChI is InChI=1S/C18H17ClN4OS/c1-12(24)22-7-9-23(10-8-22)16-14-11-15(13-5-3-2-4-6-13)25-17(14)21-18(19)20-16/h2-6,11H,7-10H2,1H3. The van der Waals surface area contributed by atoms with Gasteiger partial charge < -0.3 is 9.80 Å². The highest BCUT2D eigenvalue weighted by Gasteiger charge is 2.23. The van der Waals surface area contributed by atoms with Crippen molar-refractivity contribution in [1.82, 2.24) is 14.9 Å². The van der Waals surface area contributed by atoms with Gasteiger partial charge >= 0.3 is 0 Å². The number of nitrogens with zero attached hydrogens (tertiary/aromatic N) is 4. The van der Waals surface area contributed by atoms with Crippen molar-refractivity contribution < 1.29 is 4.79 Å². The molecule has 0 aliphatic carbocycles. The van der Waals surface area contributed by atoms with E-state index in [1.165, 1.54) is 0 Å². The average Bonchev–Trinajstić information content (AvgIpc) is 3.05. The molecule has 0 atom stereocenters. The second-order valence-electron chi connectivity index (χ2n) is 6.00. The van der Waals surface area contributed by atoms with Gasteiger partial charge in [0.15, 0.2) is 0 Å². The molecule has 0 spiro atoms. The first kappa shape index (κ1) is 16.3. The molecule has 1 aliphatic rings. The highest BCUT2D eigenvalue weighted by Crippen LogP contribution is 2.37. The number of piperazine rings is 1. The van der Waals surface area contributed by atoms with Crippen LogP contribution in [0.15, 0.2) is 36.4 Å². The van der Waals surface area contributed by atoms with Gasteiger partial charge in [0.05, 0.1) is 5.39 Å². The number of benzene rings is 1. The maximum atomic E-state index is 11.5. The van der Waals surface area contributed by atoms with Crippen molar-refractivity contribution in [2.24, 2.45) is 0 Å². The zero-order chi connectivity index (χ0) is 17.4. The number of rotatable bonds is 2. The second kappa shape index (κ2) is 6.61. The van der Waals surface area contributed by atoms with Crippen LogP contribution in [0.25, 0.3) is 20.7 Å². The molecule has 1 aliphatic heterocycles. The van der Waals surface area contributed by atoms with Crippen LogP contribution in [0.2, 0.25) is 5.28 Å². The number of hydrogen-bond donors (Lipinski definition) is 0. The van der Waals surface area contributed by atoms with Crippen molar-refractivity contribution >= 4 is 44.9 Å². The monoisotopic (exact) mass is 372 g/mol. The molecule has 3 heterocycles. The van der Waals surface area contributed by atoms with E-state index < -0.39 is 0 Å². The molecule has 1 aromatic carbocycles. The molecule has 1 saturated heterocycles. The third kappa shape index (κ3) is 3.19. The maximum absolute atomic E-state index is 11.5. The molecule has 0 saturated carbocycles. The van der Waals surface area contributed by atoms with Crippen LogP contribution < -0.4 is 4.90 Å². The van der Waals surface area contributed by atoms with Gasteiger partial charge in [-0.2, -0.15) is 4.98 Å². The highest BCUT2D eigenvalue weighted by molar-refractivity contribution is 7.22. The SMILES string of the molecule is CC(=O)N1CCN(c2nc(Cl)nc3sc(-c4ccccc4)cc23)CC1. The number of anilines is 1. The zero-order valence-corrected chi connectivity index (χ0v) is 15.3. The summed E-state index contributed by atoms with van der Waals surface area (Å²) in [7, 11) is 0. The third-order valence-corrected chi connectivity index (χ3v) is 5.68. The number of amides is 1. The summed E-state index contributed by atoms with van der Waals surface area (Å²) in [5, 5.41) is 1.28. The van der Waals surface area contributed by atoms with Crippen LogP contribution in [0.4, 0.5) is 5.82 Å². The highest BCUT2D eigenvalue weighted by atomic mass is 35.5. The van der Waals surface area contributed by atoms with Crippen molar-refractivity contribution in [3.8, 4) is 10.4 Å². The molecule has 7 heteroatoms. The molecule has 128 valence electrons. The quantitative estimate of drug-likeness (QED) is 0.644. The minimum absolute atomic E-state index is 0.118. The molecule has 1 fully saturated rings. The van der Waals surface area contributed by atoms with Crippen molar-refractivity contribution in [2.45, 2.75) is 6.92 Å². The van der Waals surface area contributed by atoms with Gasteiger partial charge in [-0.15, -0.1) is 11.3 Å². The summed E-state index contributed by atoms with van der Waals surface area (Å²) in [6.45, 7) is 4.51. The van der Waals surface area contributed by atoms with E-state index in [-0.39, 0.29) is 11.2 Å². The van der Waals surface area contributed by atoms with Gasteiger partial charge in [0.1, 0.15) is 10.6 Å². The molecule has 0 bridgehead atoms. The Bertz CT molecular complexity index is 919. The summed E-state index contributed by atoms with van der Waals surface area (Å²) in [4.78, 5) is 26.5. The van der Waals surface area contributed by atoms with E-state index in [0.29, 0.717) is 13.1 Å². The van der Waals surface area contributed by atoms with Gasteiger partial charge in [0.25, 0.3) is 0 Å². The van der Waals surface area contributed by atoms with Gasteiger partial charge in [-0.1, -0.05) is 30.3 Å². The first-order chi connectivity index (χ1) is 12.1. The largest absolute Gasteiger partial charge is 0.352 e. The minimum atomic E-state index is 0.118. The summed E-state index contributed by atoms with van der Waals surface area (Å²) in [5.41, 5.74) is 1.16. The smallest absolute Gasteiger partial charge is 0.225 e. The second-order valence-corrected chi connectivity index (χ2v) is 7.37. The lowest BCUT2D eigenvalue weighted by molar-refractivity contribution is -0.129. The predicted molar refractivity (Wildman–Crippen MR) is 102 cm³/mol. The molecule has 0 radical (unpaired) electrons. The van der Waals surface area contributed by atoms with E-state index in [0.717, 1.165) is 39.6 Å². The lowest BCUT2D eigenvalue weighted by atomic mass is 10.2. The fraction of sp³-hybridized carbons (Fsp3) is 0.278. The number of thiophene rings is 1. The van der Waals surface area contributed by atoms with E-state index in [2.05, 4.69) is 33.1 Å².